The van der Waals surface area contributed by atoms with Crippen LogP contribution < -0.4 is 10.6 Å². The summed E-state index contributed by atoms with van der Waals surface area (Å²) < 4.78 is 0. The van der Waals surface area contributed by atoms with Gasteiger partial charge in [-0.3, -0.25) is 9.89 Å². The Labute approximate surface area is 132 Å². The van der Waals surface area contributed by atoms with E-state index >= 15 is 0 Å². The van der Waals surface area contributed by atoms with Gasteiger partial charge in [-0.2, -0.15) is 0 Å². The largest absolute Gasteiger partial charge is 0.356 e. The van der Waals surface area contributed by atoms with Crippen molar-refractivity contribution in [1.29, 1.82) is 0 Å². The molecule has 0 saturated carbocycles. The summed E-state index contributed by atoms with van der Waals surface area (Å²) in [7, 11) is 1.84. The van der Waals surface area contributed by atoms with Crippen molar-refractivity contribution in [2.45, 2.75) is 32.7 Å². The van der Waals surface area contributed by atoms with Crippen molar-refractivity contribution in [1.82, 2.24) is 15.5 Å². The maximum Gasteiger partial charge on any atom is 0.190 e. The van der Waals surface area contributed by atoms with Crippen molar-refractivity contribution >= 4 is 17.3 Å². The second-order valence-electron chi connectivity index (χ2n) is 5.70. The summed E-state index contributed by atoms with van der Waals surface area (Å²) in [5, 5.41) is 8.97. The van der Waals surface area contributed by atoms with Crippen molar-refractivity contribution in [2.24, 2.45) is 10.9 Å². The predicted molar refractivity (Wildman–Crippen MR) is 92.0 cm³/mol. The van der Waals surface area contributed by atoms with Crippen LogP contribution in [0.3, 0.4) is 0 Å². The van der Waals surface area contributed by atoms with Crippen LogP contribution in [-0.4, -0.2) is 44.1 Å². The highest BCUT2D eigenvalue weighted by Crippen LogP contribution is 2.19. The highest BCUT2D eigenvalue weighted by molar-refractivity contribution is 7.09. The number of rotatable bonds is 6. The Morgan fingerprint density at radius 1 is 1.48 bits per heavy atom. The first-order valence-electron chi connectivity index (χ1n) is 8.01. The molecule has 1 atom stereocenters. The molecule has 2 rings (SSSR count). The van der Waals surface area contributed by atoms with Crippen molar-refractivity contribution in [3.8, 4) is 0 Å². The first-order chi connectivity index (χ1) is 10.3. The van der Waals surface area contributed by atoms with E-state index in [1.165, 1.54) is 30.8 Å². The number of guanidine groups is 1. The number of aliphatic imine (C=N–C) groups is 1. The number of nitrogens with one attached hydrogen (secondary N) is 2. The van der Waals surface area contributed by atoms with Crippen molar-refractivity contribution in [3.05, 3.63) is 22.4 Å². The van der Waals surface area contributed by atoms with Gasteiger partial charge in [-0.15, -0.1) is 11.3 Å². The molecule has 0 amide bonds. The zero-order valence-electron chi connectivity index (χ0n) is 13.3. The molecule has 1 aliphatic rings. The molecule has 4 nitrogen and oxygen atoms in total. The molecule has 2 heterocycles. The van der Waals surface area contributed by atoms with Crippen LogP contribution in [0.4, 0.5) is 0 Å². The maximum absolute atomic E-state index is 4.27. The van der Waals surface area contributed by atoms with Crippen LogP contribution >= 0.6 is 11.3 Å². The third kappa shape index (κ3) is 5.67. The van der Waals surface area contributed by atoms with Gasteiger partial charge in [0.1, 0.15) is 0 Å². The number of nitrogens with zero attached hydrogens (tertiary/aromatic N) is 2. The van der Waals surface area contributed by atoms with Crippen LogP contribution in [0.1, 0.15) is 31.1 Å². The van der Waals surface area contributed by atoms with Crippen LogP contribution in [0.5, 0.6) is 0 Å². The summed E-state index contributed by atoms with van der Waals surface area (Å²) >= 11 is 1.86. The van der Waals surface area contributed by atoms with E-state index in [9.17, 15) is 0 Å². The quantitative estimate of drug-likeness (QED) is 0.627. The lowest BCUT2D eigenvalue weighted by Crippen LogP contribution is -2.44. The third-order valence-corrected chi connectivity index (χ3v) is 4.75. The molecule has 0 spiro atoms. The molecule has 1 aromatic rings. The minimum atomic E-state index is 0.721. The minimum absolute atomic E-state index is 0.721. The van der Waals surface area contributed by atoms with E-state index in [2.05, 4.69) is 45.0 Å². The van der Waals surface area contributed by atoms with Gasteiger partial charge in [0.15, 0.2) is 5.96 Å². The summed E-state index contributed by atoms with van der Waals surface area (Å²) in [5.74, 6) is 1.66. The Morgan fingerprint density at radius 2 is 2.38 bits per heavy atom. The number of hydrogen-bond acceptors (Lipinski definition) is 3. The Hall–Kier alpha value is -1.07. The number of likely N-dealkylation sites (tertiary alicyclic amines) is 1. The standard InChI is InChI=1S/C16H28N4S/c1-3-8-18-16(17-2)19-11-14-6-4-9-20(12-14)13-15-7-5-10-21-15/h5,7,10,14H,3-4,6,8-9,11-13H2,1-2H3,(H2,17,18,19). The Morgan fingerprint density at radius 3 is 3.10 bits per heavy atom. The highest BCUT2D eigenvalue weighted by atomic mass is 32.1. The summed E-state index contributed by atoms with van der Waals surface area (Å²) in [6.45, 7) is 7.70. The van der Waals surface area contributed by atoms with Gasteiger partial charge < -0.3 is 10.6 Å². The fourth-order valence-electron chi connectivity index (χ4n) is 2.79. The Balaban J connectivity index is 1.73. The maximum atomic E-state index is 4.27. The van der Waals surface area contributed by atoms with Gasteiger partial charge in [0, 0.05) is 38.1 Å². The summed E-state index contributed by atoms with van der Waals surface area (Å²) in [4.78, 5) is 8.34. The number of piperidine rings is 1. The normalized spacial score (nSPS) is 20.5. The van der Waals surface area contributed by atoms with Crippen LogP contribution in [0.25, 0.3) is 0 Å². The van der Waals surface area contributed by atoms with Crippen LogP contribution in [0.2, 0.25) is 0 Å². The van der Waals surface area contributed by atoms with E-state index < -0.39 is 0 Å². The van der Waals surface area contributed by atoms with E-state index in [1.807, 2.05) is 18.4 Å². The zero-order chi connectivity index (χ0) is 14.9. The molecule has 0 aliphatic carbocycles. The van der Waals surface area contributed by atoms with Crippen molar-refractivity contribution in [2.75, 3.05) is 33.2 Å². The molecule has 0 aromatic carbocycles. The van der Waals surface area contributed by atoms with E-state index in [0.29, 0.717) is 0 Å². The van der Waals surface area contributed by atoms with Crippen LogP contribution in [0, 0.1) is 5.92 Å². The van der Waals surface area contributed by atoms with Crippen LogP contribution in [-0.2, 0) is 6.54 Å². The first kappa shape index (κ1) is 16.3. The Bertz CT molecular complexity index is 416. The second-order valence-corrected chi connectivity index (χ2v) is 6.73. The molecule has 1 saturated heterocycles. The molecule has 1 unspecified atom stereocenters. The van der Waals surface area contributed by atoms with Crippen LogP contribution in [0.15, 0.2) is 22.5 Å². The van der Waals surface area contributed by atoms with E-state index in [4.69, 9.17) is 0 Å². The van der Waals surface area contributed by atoms with Gasteiger partial charge in [0.2, 0.25) is 0 Å². The molecule has 0 radical (unpaired) electrons. The first-order valence-corrected chi connectivity index (χ1v) is 8.89. The summed E-state index contributed by atoms with van der Waals surface area (Å²) in [5.41, 5.74) is 0. The topological polar surface area (TPSA) is 39.7 Å². The molecule has 5 heteroatoms. The number of thiophene rings is 1. The van der Waals surface area contributed by atoms with Gasteiger partial charge in [-0.1, -0.05) is 13.0 Å². The summed E-state index contributed by atoms with van der Waals surface area (Å²) in [6, 6.07) is 4.38. The van der Waals surface area contributed by atoms with Crippen molar-refractivity contribution < 1.29 is 0 Å². The number of hydrogen-bond donors (Lipinski definition) is 2. The summed E-state index contributed by atoms with van der Waals surface area (Å²) in [6.07, 6.45) is 3.75. The molecule has 1 aliphatic heterocycles. The smallest absolute Gasteiger partial charge is 0.190 e. The SMILES string of the molecule is CCCNC(=NC)NCC1CCCN(Cc2cccs2)C1. The average Bonchev–Trinajstić information content (AvgIpc) is 3.01. The minimum Gasteiger partial charge on any atom is -0.356 e. The van der Waals surface area contributed by atoms with E-state index in [-0.39, 0.29) is 0 Å². The lowest BCUT2D eigenvalue weighted by molar-refractivity contribution is 0.169. The lowest BCUT2D eigenvalue weighted by atomic mass is 9.98. The lowest BCUT2D eigenvalue weighted by Gasteiger charge is -2.32. The monoisotopic (exact) mass is 308 g/mol. The highest BCUT2D eigenvalue weighted by Gasteiger charge is 2.20. The molecular weight excluding hydrogens is 280 g/mol. The van der Waals surface area contributed by atoms with Gasteiger partial charge >= 0.3 is 0 Å². The molecule has 2 N–H and O–H groups in total. The second kappa shape index (κ2) is 9.05. The van der Waals surface area contributed by atoms with E-state index in [0.717, 1.165) is 37.9 Å². The van der Waals surface area contributed by atoms with E-state index in [1.54, 1.807) is 0 Å². The van der Waals surface area contributed by atoms with Crippen molar-refractivity contribution in [3.63, 3.8) is 0 Å². The zero-order valence-corrected chi connectivity index (χ0v) is 14.1. The molecule has 1 aromatic heterocycles. The fourth-order valence-corrected chi connectivity index (χ4v) is 3.54. The Kier molecular flexibility index (Phi) is 7.03. The fraction of sp³-hybridized carbons (Fsp3) is 0.688. The molecule has 0 bridgehead atoms. The van der Waals surface area contributed by atoms with Gasteiger partial charge in [-0.05, 0) is 43.2 Å². The average molecular weight is 308 g/mol. The molecule has 1 fully saturated rings. The van der Waals surface area contributed by atoms with Gasteiger partial charge in [0.25, 0.3) is 0 Å². The third-order valence-electron chi connectivity index (χ3n) is 3.89. The van der Waals surface area contributed by atoms with Gasteiger partial charge in [0.05, 0.1) is 0 Å². The molecule has 118 valence electrons. The molecule has 21 heavy (non-hydrogen) atoms. The van der Waals surface area contributed by atoms with Gasteiger partial charge in [-0.25, -0.2) is 0 Å². The predicted octanol–water partition coefficient (Wildman–Crippen LogP) is 2.54. The molecular formula is C16H28N4S.